The van der Waals surface area contributed by atoms with Gasteiger partial charge in [-0.3, -0.25) is 0 Å². The zero-order valence-electron chi connectivity index (χ0n) is 9.50. The maximum atomic E-state index is 8.93. The van der Waals surface area contributed by atoms with E-state index < -0.39 is 0 Å². The highest BCUT2D eigenvalue weighted by atomic mass is 79.9. The zero-order chi connectivity index (χ0) is 12.3. The number of aromatic amines is 1. The van der Waals surface area contributed by atoms with Crippen LogP contribution in [0.15, 0.2) is 28.7 Å². The van der Waals surface area contributed by atoms with Crippen LogP contribution in [0.3, 0.4) is 0 Å². The first-order chi connectivity index (χ1) is 8.19. The van der Waals surface area contributed by atoms with Gasteiger partial charge in [0.15, 0.2) is 5.69 Å². The Morgan fingerprint density at radius 3 is 2.65 bits per heavy atom. The van der Waals surface area contributed by atoms with Crippen molar-refractivity contribution in [1.82, 2.24) is 9.97 Å². The van der Waals surface area contributed by atoms with Gasteiger partial charge in [-0.25, -0.2) is 4.98 Å². The Bertz CT molecular complexity index is 549. The van der Waals surface area contributed by atoms with Gasteiger partial charge >= 0.3 is 0 Å². The number of benzene rings is 1. The van der Waals surface area contributed by atoms with E-state index in [9.17, 15) is 0 Å². The maximum Gasteiger partial charge on any atom is 0.161 e. The predicted octanol–water partition coefficient (Wildman–Crippen LogP) is 3.14. The third kappa shape index (κ3) is 2.95. The molecule has 1 heterocycles. The number of aryl methyl sites for hydroxylation is 3. The zero-order valence-corrected chi connectivity index (χ0v) is 11.1. The van der Waals surface area contributed by atoms with Gasteiger partial charge in [0, 0.05) is 4.47 Å². The van der Waals surface area contributed by atoms with Crippen molar-refractivity contribution < 1.29 is 0 Å². The number of H-pyrrole nitrogens is 1. The Morgan fingerprint density at radius 1 is 1.29 bits per heavy atom. The number of hydrogen-bond acceptors (Lipinski definition) is 2. The molecule has 0 aliphatic heterocycles. The van der Waals surface area contributed by atoms with Crippen LogP contribution in [-0.2, 0) is 12.8 Å². The van der Waals surface area contributed by atoms with Crippen molar-refractivity contribution >= 4 is 15.9 Å². The van der Waals surface area contributed by atoms with Crippen LogP contribution in [0.2, 0.25) is 0 Å². The molecule has 86 valence electrons. The van der Waals surface area contributed by atoms with Crippen LogP contribution in [-0.4, -0.2) is 9.97 Å². The van der Waals surface area contributed by atoms with Crippen molar-refractivity contribution in [2.75, 3.05) is 0 Å². The molecule has 1 N–H and O–H groups in total. The molecule has 17 heavy (non-hydrogen) atoms. The molecule has 0 saturated carbocycles. The highest BCUT2D eigenvalue weighted by molar-refractivity contribution is 9.10. The molecule has 2 rings (SSSR count). The molecule has 0 radical (unpaired) electrons. The number of imidazole rings is 1. The summed E-state index contributed by atoms with van der Waals surface area (Å²) in [6.45, 7) is 1.87. The minimum absolute atomic E-state index is 0.514. The lowest BCUT2D eigenvalue weighted by atomic mass is 10.1. The average Bonchev–Trinajstić information content (AvgIpc) is 2.69. The van der Waals surface area contributed by atoms with E-state index in [4.69, 9.17) is 5.26 Å². The molecular weight excluding hydrogens is 278 g/mol. The van der Waals surface area contributed by atoms with E-state index >= 15 is 0 Å². The van der Waals surface area contributed by atoms with Crippen LogP contribution in [0.25, 0.3) is 0 Å². The van der Waals surface area contributed by atoms with Gasteiger partial charge in [-0.05, 0) is 37.5 Å². The van der Waals surface area contributed by atoms with Gasteiger partial charge in [-0.15, -0.1) is 0 Å². The van der Waals surface area contributed by atoms with Gasteiger partial charge in [0.2, 0.25) is 0 Å². The van der Waals surface area contributed by atoms with Crippen LogP contribution in [0.5, 0.6) is 0 Å². The molecule has 1 aromatic carbocycles. The van der Waals surface area contributed by atoms with Gasteiger partial charge in [0.1, 0.15) is 11.9 Å². The number of hydrogen-bond donors (Lipinski definition) is 1. The topological polar surface area (TPSA) is 52.5 Å². The van der Waals surface area contributed by atoms with E-state index in [1.807, 2.05) is 19.1 Å². The Labute approximate surface area is 109 Å². The van der Waals surface area contributed by atoms with Gasteiger partial charge in [-0.1, -0.05) is 28.1 Å². The molecular formula is C13H12BrN3. The number of nitriles is 1. The van der Waals surface area contributed by atoms with E-state index in [2.05, 4.69) is 44.1 Å². The van der Waals surface area contributed by atoms with Gasteiger partial charge < -0.3 is 4.98 Å². The van der Waals surface area contributed by atoms with E-state index in [0.29, 0.717) is 5.69 Å². The van der Waals surface area contributed by atoms with Crippen LogP contribution in [0, 0.1) is 18.3 Å². The lowest BCUT2D eigenvalue weighted by Crippen LogP contribution is -1.94. The maximum absolute atomic E-state index is 8.93. The second-order valence-corrected chi connectivity index (χ2v) is 4.80. The monoisotopic (exact) mass is 289 g/mol. The van der Waals surface area contributed by atoms with E-state index in [-0.39, 0.29) is 0 Å². The van der Waals surface area contributed by atoms with Gasteiger partial charge in [-0.2, -0.15) is 5.26 Å². The van der Waals surface area contributed by atoms with Gasteiger partial charge in [0.25, 0.3) is 0 Å². The number of nitrogens with one attached hydrogen (secondary N) is 1. The Hall–Kier alpha value is -1.60. The summed E-state index contributed by atoms with van der Waals surface area (Å²) in [5, 5.41) is 8.93. The van der Waals surface area contributed by atoms with Crippen LogP contribution < -0.4 is 0 Å². The number of halogens is 1. The quantitative estimate of drug-likeness (QED) is 0.944. The normalized spacial score (nSPS) is 10.2. The minimum atomic E-state index is 0.514. The lowest BCUT2D eigenvalue weighted by molar-refractivity contribution is 0.916. The van der Waals surface area contributed by atoms with Crippen LogP contribution in [0.1, 0.15) is 22.8 Å². The summed E-state index contributed by atoms with van der Waals surface area (Å²) < 4.78 is 1.08. The molecule has 0 bridgehead atoms. The third-order valence-electron chi connectivity index (χ3n) is 2.58. The molecule has 0 aliphatic rings. The second kappa shape index (κ2) is 5.15. The fraction of sp³-hybridized carbons (Fsp3) is 0.231. The molecule has 0 spiro atoms. The smallest absolute Gasteiger partial charge is 0.161 e. The molecule has 0 amide bonds. The summed E-state index contributed by atoms with van der Waals surface area (Å²) in [5.74, 6) is 0.798. The van der Waals surface area contributed by atoms with Crippen LogP contribution in [0.4, 0.5) is 0 Å². The van der Waals surface area contributed by atoms with E-state index in [0.717, 1.165) is 28.8 Å². The highest BCUT2D eigenvalue weighted by Crippen LogP contribution is 2.13. The fourth-order valence-electron chi connectivity index (χ4n) is 1.73. The van der Waals surface area contributed by atoms with Crippen molar-refractivity contribution in [2.24, 2.45) is 0 Å². The van der Waals surface area contributed by atoms with Crippen molar-refractivity contribution in [2.45, 2.75) is 19.8 Å². The first kappa shape index (κ1) is 11.9. The predicted molar refractivity (Wildman–Crippen MR) is 69.6 cm³/mol. The summed E-state index contributed by atoms with van der Waals surface area (Å²) >= 11 is 3.41. The summed E-state index contributed by atoms with van der Waals surface area (Å²) in [7, 11) is 0. The molecule has 3 nitrogen and oxygen atoms in total. The first-order valence-electron chi connectivity index (χ1n) is 5.39. The number of aromatic nitrogens is 2. The Balaban J connectivity index is 2.07. The number of nitrogens with zero attached hydrogens (tertiary/aromatic N) is 2. The lowest BCUT2D eigenvalue weighted by Gasteiger charge is -2.00. The van der Waals surface area contributed by atoms with Gasteiger partial charge in [0.05, 0.1) is 5.69 Å². The summed E-state index contributed by atoms with van der Waals surface area (Å²) in [4.78, 5) is 7.27. The van der Waals surface area contributed by atoms with Crippen molar-refractivity contribution in [3.8, 4) is 6.07 Å². The summed E-state index contributed by atoms with van der Waals surface area (Å²) in [6.07, 6.45) is 1.72. The molecule has 0 aliphatic carbocycles. The highest BCUT2D eigenvalue weighted by Gasteiger charge is 2.07. The molecule has 0 saturated heterocycles. The number of rotatable bonds is 3. The fourth-order valence-corrected chi connectivity index (χ4v) is 2.00. The molecule has 1 aromatic heterocycles. The van der Waals surface area contributed by atoms with E-state index in [1.165, 1.54) is 5.56 Å². The molecule has 0 fully saturated rings. The second-order valence-electron chi connectivity index (χ2n) is 3.89. The molecule has 0 unspecified atom stereocenters. The summed E-state index contributed by atoms with van der Waals surface area (Å²) in [6, 6.07) is 10.3. The largest absolute Gasteiger partial charge is 0.345 e. The third-order valence-corrected chi connectivity index (χ3v) is 3.11. The molecule has 0 atom stereocenters. The SMILES string of the molecule is Cc1nc(C#N)c(CCc2ccc(Br)cc2)[nH]1. The van der Waals surface area contributed by atoms with Crippen molar-refractivity contribution in [3.05, 3.63) is 51.5 Å². The standard InChI is InChI=1S/C13H12BrN3/c1-9-16-12(13(8-15)17-9)7-4-10-2-5-11(14)6-3-10/h2-3,5-6H,4,7H2,1H3,(H,16,17). The summed E-state index contributed by atoms with van der Waals surface area (Å²) in [5.41, 5.74) is 2.69. The Morgan fingerprint density at radius 2 is 2.00 bits per heavy atom. The van der Waals surface area contributed by atoms with Crippen molar-refractivity contribution in [3.63, 3.8) is 0 Å². The minimum Gasteiger partial charge on any atom is -0.345 e. The molecule has 2 aromatic rings. The first-order valence-corrected chi connectivity index (χ1v) is 6.18. The van der Waals surface area contributed by atoms with Crippen LogP contribution >= 0.6 is 15.9 Å². The Kier molecular flexibility index (Phi) is 3.60. The average molecular weight is 290 g/mol. The molecule has 4 heteroatoms. The van der Waals surface area contributed by atoms with E-state index in [1.54, 1.807) is 0 Å². The van der Waals surface area contributed by atoms with Crippen molar-refractivity contribution in [1.29, 1.82) is 5.26 Å².